The molecule has 0 unspecified atom stereocenters. The third-order valence-electron chi connectivity index (χ3n) is 3.73. The highest BCUT2D eigenvalue weighted by Gasteiger charge is 2.16. The van der Waals surface area contributed by atoms with Gasteiger partial charge in [0, 0.05) is 12.3 Å². The van der Waals surface area contributed by atoms with Crippen molar-refractivity contribution in [2.75, 3.05) is 32.6 Å². The Balaban J connectivity index is 0. The van der Waals surface area contributed by atoms with Crippen molar-refractivity contribution >= 4 is 38.9 Å². The second kappa shape index (κ2) is 17.5. The second-order valence-electron chi connectivity index (χ2n) is 5.56. The van der Waals surface area contributed by atoms with E-state index in [9.17, 15) is 14.4 Å². The van der Waals surface area contributed by atoms with E-state index >= 15 is 0 Å². The molecule has 5 nitrogen and oxygen atoms in total. The minimum absolute atomic E-state index is 0.0214. The van der Waals surface area contributed by atoms with Crippen LogP contribution in [0.25, 0.3) is 0 Å². The average molecular weight is 379 g/mol. The number of ketones is 3. The molecule has 0 saturated heterocycles. The first-order valence-electron chi connectivity index (χ1n) is 8.31. The van der Waals surface area contributed by atoms with Crippen LogP contribution in [0.2, 0.25) is 0 Å². The Morgan fingerprint density at radius 1 is 1.00 bits per heavy atom. The summed E-state index contributed by atoms with van der Waals surface area (Å²) in [5.41, 5.74) is 0. The Morgan fingerprint density at radius 3 is 1.96 bits per heavy atom. The SMILES string of the molecule is CC[C@@H](CCC(=O)CN[C@@H](CCNC)C(C)=O)C(C)=O.CSSC. The normalized spacial score (nSPS) is 12.8. The minimum Gasteiger partial charge on any atom is -0.320 e. The minimum atomic E-state index is -0.277. The lowest BCUT2D eigenvalue weighted by molar-refractivity contribution is -0.122. The maximum Gasteiger partial charge on any atom is 0.146 e. The van der Waals surface area contributed by atoms with Gasteiger partial charge in [-0.2, -0.15) is 0 Å². The molecule has 2 atom stereocenters. The van der Waals surface area contributed by atoms with Crippen LogP contribution in [-0.4, -0.2) is 56.0 Å². The number of carbonyl (C=O) groups is 3. The Hall–Kier alpha value is -0.370. The Labute approximate surface area is 155 Å². The summed E-state index contributed by atoms with van der Waals surface area (Å²) < 4.78 is 0. The van der Waals surface area contributed by atoms with E-state index in [2.05, 4.69) is 23.1 Å². The number of nitrogens with one attached hydrogen (secondary N) is 2. The maximum atomic E-state index is 11.8. The molecule has 0 fully saturated rings. The van der Waals surface area contributed by atoms with Gasteiger partial charge in [0.1, 0.15) is 17.3 Å². The van der Waals surface area contributed by atoms with Crippen molar-refractivity contribution in [2.45, 2.75) is 52.5 Å². The van der Waals surface area contributed by atoms with Crippen LogP contribution in [0.15, 0.2) is 0 Å². The second-order valence-corrected chi connectivity index (χ2v) is 8.23. The lowest BCUT2D eigenvalue weighted by atomic mass is 9.95. The molecule has 0 aliphatic rings. The summed E-state index contributed by atoms with van der Waals surface area (Å²) >= 11 is 0. The standard InChI is InChI=1S/C15H28N2O3.C2H6S2/c1-5-13(11(2)18)6-7-14(20)10-17-15(12(3)19)8-9-16-4;1-3-4-2/h13,15-17H,5-10H2,1-4H3;1-2H3/t13-,15-;/m0./s1. The molecule has 0 rings (SSSR count). The lowest BCUT2D eigenvalue weighted by Crippen LogP contribution is -2.40. The van der Waals surface area contributed by atoms with Crippen LogP contribution < -0.4 is 10.6 Å². The summed E-state index contributed by atoms with van der Waals surface area (Å²) in [6, 6.07) is -0.277. The fourth-order valence-corrected chi connectivity index (χ4v) is 2.09. The van der Waals surface area contributed by atoms with Crippen LogP contribution in [0.4, 0.5) is 0 Å². The Bertz CT molecular complexity index is 364. The van der Waals surface area contributed by atoms with E-state index in [1.165, 1.54) is 6.92 Å². The molecule has 0 radical (unpaired) electrons. The molecule has 0 aromatic rings. The third kappa shape index (κ3) is 15.2. The predicted octanol–water partition coefficient (Wildman–Crippen LogP) is 2.74. The number of hydrogen-bond donors (Lipinski definition) is 2. The van der Waals surface area contributed by atoms with E-state index in [0.717, 1.165) is 13.0 Å². The van der Waals surface area contributed by atoms with Crippen LogP contribution in [-0.2, 0) is 14.4 Å². The topological polar surface area (TPSA) is 75.3 Å². The first-order chi connectivity index (χ1) is 11.3. The van der Waals surface area contributed by atoms with Crippen LogP contribution >= 0.6 is 21.6 Å². The molecule has 0 aliphatic carbocycles. The molecule has 0 spiro atoms. The molecule has 2 N–H and O–H groups in total. The van der Waals surface area contributed by atoms with Crippen LogP contribution in [0.3, 0.4) is 0 Å². The summed E-state index contributed by atoms with van der Waals surface area (Å²) in [7, 11) is 5.37. The van der Waals surface area contributed by atoms with Gasteiger partial charge in [-0.3, -0.25) is 14.4 Å². The van der Waals surface area contributed by atoms with Gasteiger partial charge in [0.2, 0.25) is 0 Å². The largest absolute Gasteiger partial charge is 0.320 e. The van der Waals surface area contributed by atoms with Crippen LogP contribution in [0.1, 0.15) is 46.5 Å². The maximum absolute atomic E-state index is 11.8. The quantitative estimate of drug-likeness (QED) is 0.477. The zero-order chi connectivity index (χ0) is 19.0. The fraction of sp³-hybridized carbons (Fsp3) is 0.824. The summed E-state index contributed by atoms with van der Waals surface area (Å²) in [5.74, 6) is 0.222. The van der Waals surface area contributed by atoms with E-state index in [0.29, 0.717) is 19.3 Å². The van der Waals surface area contributed by atoms with E-state index in [-0.39, 0.29) is 35.9 Å². The molecular formula is C17H34N2O3S2. The van der Waals surface area contributed by atoms with Crippen molar-refractivity contribution < 1.29 is 14.4 Å². The molecule has 0 amide bonds. The van der Waals surface area contributed by atoms with Crippen molar-refractivity contribution in [3.8, 4) is 0 Å². The number of Topliss-reactive ketones (excluding diaryl/α,β-unsaturated/α-hetero) is 3. The molecule has 0 aliphatic heterocycles. The highest BCUT2D eigenvalue weighted by Crippen LogP contribution is 2.12. The first kappa shape index (κ1) is 25.9. The molecule has 142 valence electrons. The van der Waals surface area contributed by atoms with E-state index in [1.54, 1.807) is 28.5 Å². The van der Waals surface area contributed by atoms with E-state index in [4.69, 9.17) is 0 Å². The summed E-state index contributed by atoms with van der Waals surface area (Å²) in [5, 5.41) is 5.99. The zero-order valence-corrected chi connectivity index (χ0v) is 17.6. The number of carbonyl (C=O) groups excluding carboxylic acids is 3. The van der Waals surface area contributed by atoms with Crippen LogP contribution in [0, 0.1) is 5.92 Å². The first-order valence-corrected chi connectivity index (χ1v) is 11.3. The highest BCUT2D eigenvalue weighted by molar-refractivity contribution is 8.76. The van der Waals surface area contributed by atoms with Gasteiger partial charge in [-0.1, -0.05) is 28.5 Å². The fourth-order valence-electron chi connectivity index (χ4n) is 2.09. The van der Waals surface area contributed by atoms with Crippen molar-refractivity contribution in [1.29, 1.82) is 0 Å². The van der Waals surface area contributed by atoms with Crippen molar-refractivity contribution in [1.82, 2.24) is 10.6 Å². The summed E-state index contributed by atoms with van der Waals surface area (Å²) in [6.07, 6.45) is 6.56. The van der Waals surface area contributed by atoms with Gasteiger partial charge in [0.05, 0.1) is 12.6 Å². The molecule has 0 heterocycles. The Kier molecular flexibility index (Phi) is 18.8. The molecule has 24 heavy (non-hydrogen) atoms. The van der Waals surface area contributed by atoms with Crippen LogP contribution in [0.5, 0.6) is 0 Å². The van der Waals surface area contributed by atoms with Gasteiger partial charge in [0.25, 0.3) is 0 Å². The predicted molar refractivity (Wildman–Crippen MR) is 107 cm³/mol. The van der Waals surface area contributed by atoms with Gasteiger partial charge in [-0.15, -0.1) is 0 Å². The average Bonchev–Trinajstić information content (AvgIpc) is 2.55. The van der Waals surface area contributed by atoms with Gasteiger partial charge < -0.3 is 10.6 Å². The summed E-state index contributed by atoms with van der Waals surface area (Å²) in [6.45, 7) is 5.98. The third-order valence-corrected chi connectivity index (χ3v) is 5.06. The molecule has 0 aromatic heterocycles. The van der Waals surface area contributed by atoms with E-state index in [1.807, 2.05) is 14.0 Å². The molecular weight excluding hydrogens is 344 g/mol. The van der Waals surface area contributed by atoms with Crippen molar-refractivity contribution in [2.24, 2.45) is 5.92 Å². The van der Waals surface area contributed by atoms with Crippen molar-refractivity contribution in [3.05, 3.63) is 0 Å². The highest BCUT2D eigenvalue weighted by atomic mass is 33.1. The zero-order valence-electron chi connectivity index (χ0n) is 15.9. The molecule has 0 bridgehead atoms. The van der Waals surface area contributed by atoms with E-state index < -0.39 is 0 Å². The van der Waals surface area contributed by atoms with Gasteiger partial charge in [0.15, 0.2) is 0 Å². The number of hydrogen-bond acceptors (Lipinski definition) is 7. The summed E-state index contributed by atoms with van der Waals surface area (Å²) in [4.78, 5) is 34.5. The molecule has 0 saturated carbocycles. The monoisotopic (exact) mass is 378 g/mol. The number of rotatable bonds is 13. The van der Waals surface area contributed by atoms with Gasteiger partial charge in [-0.05, 0) is 59.2 Å². The van der Waals surface area contributed by atoms with Crippen molar-refractivity contribution in [3.63, 3.8) is 0 Å². The Morgan fingerprint density at radius 2 is 1.58 bits per heavy atom. The smallest absolute Gasteiger partial charge is 0.146 e. The van der Waals surface area contributed by atoms with Gasteiger partial charge in [-0.25, -0.2) is 0 Å². The molecule has 0 aromatic carbocycles. The van der Waals surface area contributed by atoms with Gasteiger partial charge >= 0.3 is 0 Å². The lowest BCUT2D eigenvalue weighted by Gasteiger charge is -2.15. The molecule has 7 heteroatoms.